The maximum Gasteiger partial charge on any atom is 0.191 e. The Bertz CT molecular complexity index is 917. The summed E-state index contributed by atoms with van der Waals surface area (Å²) < 4.78 is 1.91. The molecule has 0 aliphatic heterocycles. The molecule has 0 bridgehead atoms. The van der Waals surface area contributed by atoms with Gasteiger partial charge < -0.3 is 16.2 Å². The highest BCUT2D eigenvalue weighted by Gasteiger charge is 2.17. The summed E-state index contributed by atoms with van der Waals surface area (Å²) in [6, 6.07) is 8.25. The third kappa shape index (κ3) is 5.79. The molecule has 0 spiro atoms. The predicted octanol–water partition coefficient (Wildman–Crippen LogP) is 4.58. The van der Waals surface area contributed by atoms with Gasteiger partial charge >= 0.3 is 0 Å². The summed E-state index contributed by atoms with van der Waals surface area (Å²) in [4.78, 5) is 13.6. The topological polar surface area (TPSA) is 97.0 Å². The van der Waals surface area contributed by atoms with E-state index in [0.29, 0.717) is 27.7 Å². The fourth-order valence-corrected chi connectivity index (χ4v) is 4.65. The maximum absolute atomic E-state index is 9.72. The Kier molecular flexibility index (Phi) is 7.50. The number of rotatable bonds is 9. The van der Waals surface area contributed by atoms with E-state index in [0.717, 1.165) is 27.8 Å². The van der Waals surface area contributed by atoms with Crippen molar-refractivity contribution < 1.29 is 5.11 Å². The molecule has 9 heteroatoms. The number of aryl methyl sites for hydroxylation is 1. The zero-order valence-electron chi connectivity index (χ0n) is 15.9. The Morgan fingerprint density at radius 2 is 1.96 bits per heavy atom. The van der Waals surface area contributed by atoms with Crippen LogP contribution in [0.4, 0.5) is 10.9 Å². The molecular formula is C19H24BrN5OS2. The van der Waals surface area contributed by atoms with E-state index < -0.39 is 0 Å². The van der Waals surface area contributed by atoms with Gasteiger partial charge in [0.1, 0.15) is 4.70 Å². The van der Waals surface area contributed by atoms with Gasteiger partial charge in [0.15, 0.2) is 21.8 Å². The summed E-state index contributed by atoms with van der Waals surface area (Å²) in [5.41, 5.74) is 7.77. The number of aromatic nitrogens is 3. The highest BCUT2D eigenvalue weighted by molar-refractivity contribution is 9.10. The lowest BCUT2D eigenvalue weighted by Crippen LogP contribution is -2.26. The summed E-state index contributed by atoms with van der Waals surface area (Å²) in [5.74, 6) is 2.03. The molecule has 1 aromatic carbocycles. The first-order chi connectivity index (χ1) is 13.4. The molecule has 2 heterocycles. The SMILES string of the molecule is CC(C)C[C@H](CO)Nc1nc(SCCc2ccc(Br)cc2)nc2nc(N)sc12. The predicted molar refractivity (Wildman–Crippen MR) is 122 cm³/mol. The molecular weight excluding hydrogens is 458 g/mol. The van der Waals surface area contributed by atoms with Crippen LogP contribution in [-0.4, -0.2) is 38.5 Å². The number of nitrogens with zero attached hydrogens (tertiary/aromatic N) is 3. The van der Waals surface area contributed by atoms with Gasteiger partial charge in [-0.1, -0.05) is 65.0 Å². The first-order valence-electron chi connectivity index (χ1n) is 9.13. The van der Waals surface area contributed by atoms with Crippen LogP contribution in [0.5, 0.6) is 0 Å². The lowest BCUT2D eigenvalue weighted by Gasteiger charge is -2.19. The van der Waals surface area contributed by atoms with Gasteiger partial charge in [-0.15, -0.1) is 0 Å². The van der Waals surface area contributed by atoms with Crippen molar-refractivity contribution in [2.75, 3.05) is 23.4 Å². The molecule has 3 aromatic rings. The van der Waals surface area contributed by atoms with Crippen LogP contribution < -0.4 is 11.1 Å². The third-order valence-electron chi connectivity index (χ3n) is 4.10. The summed E-state index contributed by atoms with van der Waals surface area (Å²) in [5, 5.41) is 14.2. The van der Waals surface area contributed by atoms with E-state index in [9.17, 15) is 5.11 Å². The van der Waals surface area contributed by atoms with Crippen LogP contribution in [0.25, 0.3) is 10.3 Å². The summed E-state index contributed by atoms with van der Waals surface area (Å²) in [7, 11) is 0. The second-order valence-electron chi connectivity index (χ2n) is 6.94. The van der Waals surface area contributed by atoms with Crippen molar-refractivity contribution in [3.8, 4) is 0 Å². The molecule has 0 radical (unpaired) electrons. The Morgan fingerprint density at radius 1 is 1.21 bits per heavy atom. The molecule has 0 aliphatic carbocycles. The van der Waals surface area contributed by atoms with E-state index in [1.807, 2.05) is 12.1 Å². The van der Waals surface area contributed by atoms with Gasteiger partial charge in [-0.25, -0.2) is 15.0 Å². The fourth-order valence-electron chi connectivity index (χ4n) is 2.84. The number of nitrogens with one attached hydrogen (secondary N) is 1. The number of thiazole rings is 1. The van der Waals surface area contributed by atoms with Gasteiger partial charge in [-0.3, -0.25) is 0 Å². The minimum absolute atomic E-state index is 0.0456. The number of hydrogen-bond donors (Lipinski definition) is 3. The number of fused-ring (bicyclic) bond motifs is 1. The molecule has 150 valence electrons. The Labute approximate surface area is 181 Å². The standard InChI is InChI=1S/C19H24BrN5OS2/c1-11(2)9-14(10-26)22-16-15-17(23-18(21)28-15)25-19(24-16)27-8-7-12-3-5-13(20)6-4-12/h3-6,11,14,26H,7-10H2,1-2H3,(H3,21,22,23,24,25)/t14-/m1/s1. The zero-order chi connectivity index (χ0) is 20.1. The lowest BCUT2D eigenvalue weighted by atomic mass is 10.0. The fraction of sp³-hybridized carbons (Fsp3) is 0.421. The average molecular weight is 482 g/mol. The molecule has 0 unspecified atom stereocenters. The van der Waals surface area contributed by atoms with Crippen molar-refractivity contribution in [2.45, 2.75) is 37.9 Å². The number of nitrogen functional groups attached to an aromatic ring is 1. The van der Waals surface area contributed by atoms with E-state index >= 15 is 0 Å². The quantitative estimate of drug-likeness (QED) is 0.303. The molecule has 4 N–H and O–H groups in total. The molecule has 6 nitrogen and oxygen atoms in total. The van der Waals surface area contributed by atoms with Crippen molar-refractivity contribution in [3.05, 3.63) is 34.3 Å². The minimum atomic E-state index is -0.0676. The van der Waals surface area contributed by atoms with Crippen molar-refractivity contribution in [2.24, 2.45) is 5.92 Å². The Hall–Kier alpha value is -1.42. The summed E-state index contributed by atoms with van der Waals surface area (Å²) in [6.45, 7) is 4.31. The number of hydrogen-bond acceptors (Lipinski definition) is 8. The summed E-state index contributed by atoms with van der Waals surface area (Å²) >= 11 is 6.42. The van der Waals surface area contributed by atoms with Crippen LogP contribution in [0.2, 0.25) is 0 Å². The second kappa shape index (κ2) is 9.87. The van der Waals surface area contributed by atoms with Crippen LogP contribution in [0, 0.1) is 5.92 Å². The monoisotopic (exact) mass is 481 g/mol. The van der Waals surface area contributed by atoms with Gasteiger partial charge in [0.05, 0.1) is 12.6 Å². The second-order valence-corrected chi connectivity index (χ2v) is 9.95. The molecule has 0 saturated heterocycles. The number of thioether (sulfide) groups is 1. The van der Waals surface area contributed by atoms with E-state index in [1.54, 1.807) is 11.8 Å². The number of anilines is 2. The van der Waals surface area contributed by atoms with Gasteiger partial charge in [0.25, 0.3) is 0 Å². The van der Waals surface area contributed by atoms with Gasteiger partial charge in [-0.2, -0.15) is 0 Å². The molecule has 0 amide bonds. The average Bonchev–Trinajstić information content (AvgIpc) is 3.03. The van der Waals surface area contributed by atoms with Crippen LogP contribution in [0.15, 0.2) is 33.9 Å². The summed E-state index contributed by atoms with van der Waals surface area (Å²) in [6.07, 6.45) is 1.77. The third-order valence-corrected chi connectivity index (χ3v) is 6.36. The van der Waals surface area contributed by atoms with E-state index in [1.165, 1.54) is 16.9 Å². The first kappa shape index (κ1) is 21.3. The highest BCUT2D eigenvalue weighted by atomic mass is 79.9. The molecule has 0 saturated carbocycles. The lowest BCUT2D eigenvalue weighted by molar-refractivity contribution is 0.259. The number of aliphatic hydroxyl groups is 1. The van der Waals surface area contributed by atoms with Crippen molar-refractivity contribution in [1.82, 2.24) is 15.0 Å². The van der Waals surface area contributed by atoms with Crippen molar-refractivity contribution >= 4 is 60.3 Å². The van der Waals surface area contributed by atoms with Crippen molar-refractivity contribution in [3.63, 3.8) is 0 Å². The zero-order valence-corrected chi connectivity index (χ0v) is 19.1. The Balaban J connectivity index is 1.75. The van der Waals surface area contributed by atoms with E-state index in [2.05, 4.69) is 57.2 Å². The van der Waals surface area contributed by atoms with Gasteiger partial charge in [0, 0.05) is 10.2 Å². The molecule has 0 aliphatic rings. The number of nitrogens with two attached hydrogens (primary N) is 1. The van der Waals surface area contributed by atoms with Crippen LogP contribution in [-0.2, 0) is 6.42 Å². The molecule has 0 fully saturated rings. The Morgan fingerprint density at radius 3 is 2.64 bits per heavy atom. The molecule has 2 aromatic heterocycles. The number of aliphatic hydroxyl groups excluding tert-OH is 1. The largest absolute Gasteiger partial charge is 0.394 e. The molecule has 28 heavy (non-hydrogen) atoms. The number of halogens is 1. The van der Waals surface area contributed by atoms with E-state index in [4.69, 9.17) is 10.7 Å². The first-order valence-corrected chi connectivity index (χ1v) is 11.7. The molecule has 3 rings (SSSR count). The van der Waals surface area contributed by atoms with E-state index in [-0.39, 0.29) is 12.6 Å². The van der Waals surface area contributed by atoms with Gasteiger partial charge in [0.2, 0.25) is 0 Å². The normalized spacial score (nSPS) is 12.6. The molecule has 1 atom stereocenters. The highest BCUT2D eigenvalue weighted by Crippen LogP contribution is 2.31. The van der Waals surface area contributed by atoms with Crippen LogP contribution in [0.1, 0.15) is 25.8 Å². The number of benzene rings is 1. The maximum atomic E-state index is 9.72. The van der Waals surface area contributed by atoms with Crippen molar-refractivity contribution in [1.29, 1.82) is 0 Å². The smallest absolute Gasteiger partial charge is 0.191 e. The van der Waals surface area contributed by atoms with Crippen LogP contribution in [0.3, 0.4) is 0 Å². The van der Waals surface area contributed by atoms with Gasteiger partial charge in [-0.05, 0) is 36.5 Å². The van der Waals surface area contributed by atoms with Crippen LogP contribution >= 0.6 is 39.0 Å². The minimum Gasteiger partial charge on any atom is -0.394 e.